The van der Waals surface area contributed by atoms with Gasteiger partial charge in [-0.1, -0.05) is 19.8 Å². The van der Waals surface area contributed by atoms with Gasteiger partial charge < -0.3 is 14.5 Å². The molecule has 0 spiro atoms. The van der Waals surface area contributed by atoms with Crippen molar-refractivity contribution in [2.24, 2.45) is 11.8 Å². The monoisotopic (exact) mass is 334 g/mol. The van der Waals surface area contributed by atoms with E-state index in [0.29, 0.717) is 17.9 Å². The molecule has 0 N–H and O–H groups in total. The van der Waals surface area contributed by atoms with Gasteiger partial charge in [-0.3, -0.25) is 4.79 Å². The average molecular weight is 335 g/mol. The Bertz CT molecular complexity index is 448. The van der Waals surface area contributed by atoms with Crippen LogP contribution in [0.1, 0.15) is 53.4 Å². The van der Waals surface area contributed by atoms with Gasteiger partial charge in [-0.25, -0.2) is 0 Å². The summed E-state index contributed by atoms with van der Waals surface area (Å²) in [5.74, 6) is 7.97. The fraction of sp³-hybridized carbons (Fsp3) is 0.850. The zero-order valence-corrected chi connectivity index (χ0v) is 15.9. The largest absolute Gasteiger partial charge is 0.369 e. The van der Waals surface area contributed by atoms with Crippen LogP contribution in [-0.4, -0.2) is 60.6 Å². The van der Waals surface area contributed by atoms with Crippen LogP contribution in [0.2, 0.25) is 0 Å². The maximum absolute atomic E-state index is 12.1. The number of carbonyl (C=O) groups excluding carboxylic acids is 1. The van der Waals surface area contributed by atoms with E-state index in [1.807, 2.05) is 18.7 Å². The second kappa shape index (κ2) is 9.44. The maximum Gasteiger partial charge on any atom is 0.248 e. The number of ether oxygens (including phenoxy) is 1. The molecule has 0 radical (unpaired) electrons. The summed E-state index contributed by atoms with van der Waals surface area (Å²) < 4.78 is 5.44. The van der Waals surface area contributed by atoms with Crippen molar-refractivity contribution in [1.82, 2.24) is 9.80 Å². The van der Waals surface area contributed by atoms with Crippen LogP contribution in [0.4, 0.5) is 0 Å². The smallest absolute Gasteiger partial charge is 0.248 e. The molecule has 4 nitrogen and oxygen atoms in total. The zero-order valence-electron chi connectivity index (χ0n) is 15.9. The molecule has 24 heavy (non-hydrogen) atoms. The summed E-state index contributed by atoms with van der Waals surface area (Å²) in [6.45, 7) is 12.5. The lowest BCUT2D eigenvalue weighted by atomic mass is 9.93. The first-order valence-electron chi connectivity index (χ1n) is 9.60. The number of likely N-dealkylation sites (tertiary alicyclic amines) is 2. The molecular weight excluding hydrogens is 300 g/mol. The Kier molecular flexibility index (Phi) is 7.58. The molecular formula is C20H34N2O2. The first-order chi connectivity index (χ1) is 11.5. The quantitative estimate of drug-likeness (QED) is 0.741. The van der Waals surface area contributed by atoms with Gasteiger partial charge in [0.25, 0.3) is 0 Å². The molecule has 2 saturated heterocycles. The zero-order chi connectivity index (χ0) is 17.5. The standard InChI is InChI=1S/C20H34N2O2/c1-16(2)5-6-18-7-11-21(12-8-18)19-9-13-22(14-10-19)20(23)15-24-17(3)4/h16-19H,7-15H2,1-4H3. The van der Waals surface area contributed by atoms with Crippen molar-refractivity contribution in [3.63, 3.8) is 0 Å². The maximum atomic E-state index is 12.1. The van der Waals surface area contributed by atoms with Crippen molar-refractivity contribution >= 4 is 5.91 Å². The molecule has 0 aromatic rings. The summed E-state index contributed by atoms with van der Waals surface area (Å²) in [5, 5.41) is 0. The van der Waals surface area contributed by atoms with E-state index in [9.17, 15) is 4.79 Å². The number of nitrogens with zero attached hydrogens (tertiary/aromatic N) is 2. The summed E-state index contributed by atoms with van der Waals surface area (Å²) in [6.07, 6.45) is 4.69. The van der Waals surface area contributed by atoms with Gasteiger partial charge in [0.05, 0.1) is 6.10 Å². The summed E-state index contributed by atoms with van der Waals surface area (Å²) in [4.78, 5) is 16.7. The third-order valence-corrected chi connectivity index (χ3v) is 4.98. The van der Waals surface area contributed by atoms with Crippen molar-refractivity contribution in [2.75, 3.05) is 32.8 Å². The molecule has 2 aliphatic rings. The van der Waals surface area contributed by atoms with Gasteiger partial charge in [0.2, 0.25) is 5.91 Å². The van der Waals surface area contributed by atoms with Gasteiger partial charge in [-0.15, -0.1) is 5.92 Å². The molecule has 2 fully saturated rings. The number of piperidine rings is 2. The Balaban J connectivity index is 1.70. The first kappa shape index (κ1) is 19.3. The van der Waals surface area contributed by atoms with E-state index in [-0.39, 0.29) is 18.6 Å². The molecule has 0 aromatic carbocycles. The van der Waals surface area contributed by atoms with Crippen LogP contribution in [0.15, 0.2) is 0 Å². The molecule has 0 bridgehead atoms. The fourth-order valence-corrected chi connectivity index (χ4v) is 3.50. The van der Waals surface area contributed by atoms with Crippen molar-refractivity contribution in [3.05, 3.63) is 0 Å². The normalized spacial score (nSPS) is 21.2. The Hall–Kier alpha value is -1.05. The molecule has 0 aliphatic carbocycles. The van der Waals surface area contributed by atoms with E-state index >= 15 is 0 Å². The lowest BCUT2D eigenvalue weighted by Gasteiger charge is -2.41. The van der Waals surface area contributed by atoms with Gasteiger partial charge in [-0.2, -0.15) is 0 Å². The number of hydrogen-bond donors (Lipinski definition) is 0. The predicted molar refractivity (Wildman–Crippen MR) is 97.6 cm³/mol. The summed E-state index contributed by atoms with van der Waals surface area (Å²) >= 11 is 0. The lowest BCUT2D eigenvalue weighted by Crippen LogP contribution is -2.49. The lowest BCUT2D eigenvalue weighted by molar-refractivity contribution is -0.139. The Morgan fingerprint density at radius 1 is 1.04 bits per heavy atom. The van der Waals surface area contributed by atoms with E-state index < -0.39 is 0 Å². The van der Waals surface area contributed by atoms with Crippen LogP contribution in [-0.2, 0) is 9.53 Å². The van der Waals surface area contributed by atoms with Crippen LogP contribution < -0.4 is 0 Å². The van der Waals surface area contributed by atoms with E-state index in [1.54, 1.807) is 0 Å². The number of hydrogen-bond acceptors (Lipinski definition) is 3. The molecule has 2 heterocycles. The average Bonchev–Trinajstić information content (AvgIpc) is 2.58. The van der Waals surface area contributed by atoms with Gasteiger partial charge in [0.15, 0.2) is 0 Å². The van der Waals surface area contributed by atoms with Crippen LogP contribution in [0.25, 0.3) is 0 Å². The van der Waals surface area contributed by atoms with Crippen molar-refractivity contribution < 1.29 is 9.53 Å². The molecule has 0 saturated carbocycles. The molecule has 136 valence electrons. The molecule has 1 amide bonds. The highest BCUT2D eigenvalue weighted by Crippen LogP contribution is 2.23. The number of amides is 1. The third-order valence-electron chi connectivity index (χ3n) is 4.98. The highest BCUT2D eigenvalue weighted by Gasteiger charge is 2.29. The highest BCUT2D eigenvalue weighted by atomic mass is 16.5. The third kappa shape index (κ3) is 6.11. The number of rotatable bonds is 4. The van der Waals surface area contributed by atoms with E-state index in [0.717, 1.165) is 39.0 Å². The van der Waals surface area contributed by atoms with Crippen LogP contribution in [0.3, 0.4) is 0 Å². The van der Waals surface area contributed by atoms with Crippen molar-refractivity contribution in [3.8, 4) is 11.8 Å². The molecule has 2 rings (SSSR count). The second-order valence-electron chi connectivity index (χ2n) is 7.73. The molecule has 0 aromatic heterocycles. The Morgan fingerprint density at radius 3 is 2.21 bits per heavy atom. The molecule has 4 heteroatoms. The summed E-state index contributed by atoms with van der Waals surface area (Å²) in [6, 6.07) is 0.638. The topological polar surface area (TPSA) is 32.8 Å². The van der Waals surface area contributed by atoms with E-state index in [4.69, 9.17) is 4.74 Å². The minimum atomic E-state index is 0.117. The minimum absolute atomic E-state index is 0.117. The summed E-state index contributed by atoms with van der Waals surface area (Å²) in [7, 11) is 0. The van der Waals surface area contributed by atoms with Crippen LogP contribution >= 0.6 is 0 Å². The molecule has 0 unspecified atom stereocenters. The van der Waals surface area contributed by atoms with Gasteiger partial charge in [0, 0.05) is 31.0 Å². The van der Waals surface area contributed by atoms with E-state index in [2.05, 4.69) is 30.6 Å². The fourth-order valence-electron chi connectivity index (χ4n) is 3.50. The predicted octanol–water partition coefficient (Wildman–Crippen LogP) is 2.77. The minimum Gasteiger partial charge on any atom is -0.369 e. The van der Waals surface area contributed by atoms with Crippen LogP contribution in [0.5, 0.6) is 0 Å². The Morgan fingerprint density at radius 2 is 1.67 bits per heavy atom. The van der Waals surface area contributed by atoms with Gasteiger partial charge in [0.1, 0.15) is 6.61 Å². The first-order valence-corrected chi connectivity index (χ1v) is 9.60. The van der Waals surface area contributed by atoms with Crippen molar-refractivity contribution in [1.29, 1.82) is 0 Å². The summed E-state index contributed by atoms with van der Waals surface area (Å²) in [5.41, 5.74) is 0. The van der Waals surface area contributed by atoms with Crippen LogP contribution in [0, 0.1) is 23.7 Å². The SMILES string of the molecule is CC(C)C#CC1CCN(C2CCN(C(=O)COC(C)C)CC2)CC1. The van der Waals surface area contributed by atoms with Gasteiger partial charge >= 0.3 is 0 Å². The molecule has 2 aliphatic heterocycles. The van der Waals surface area contributed by atoms with E-state index in [1.165, 1.54) is 12.8 Å². The highest BCUT2D eigenvalue weighted by molar-refractivity contribution is 5.77. The molecule has 0 atom stereocenters. The second-order valence-corrected chi connectivity index (χ2v) is 7.73. The number of carbonyl (C=O) groups is 1. The van der Waals surface area contributed by atoms with Crippen molar-refractivity contribution in [2.45, 2.75) is 65.5 Å². The van der Waals surface area contributed by atoms with Gasteiger partial charge in [-0.05, 0) is 52.6 Å². The Labute approximate surface area is 147 Å².